The third kappa shape index (κ3) is 2.52. The van der Waals surface area contributed by atoms with E-state index in [0.29, 0.717) is 12.0 Å². The molecule has 1 atom stereocenters. The second-order valence-electron chi connectivity index (χ2n) is 6.12. The molecule has 2 aromatic rings. The first-order valence-electron chi connectivity index (χ1n) is 8.03. The number of piperidine rings is 1. The molecule has 1 saturated heterocycles. The highest BCUT2D eigenvalue weighted by atomic mass is 15.4. The van der Waals surface area contributed by atoms with Crippen LogP contribution in [-0.4, -0.2) is 43.4 Å². The topological polar surface area (TPSA) is 64.9 Å². The fourth-order valence-corrected chi connectivity index (χ4v) is 3.42. The van der Waals surface area contributed by atoms with E-state index in [4.69, 9.17) is 5.73 Å². The van der Waals surface area contributed by atoms with Crippen molar-refractivity contribution in [2.75, 3.05) is 18.8 Å². The molecule has 2 N–H and O–H groups in total. The molecule has 1 unspecified atom stereocenters. The van der Waals surface area contributed by atoms with Crippen LogP contribution in [0.4, 0.5) is 5.95 Å². The van der Waals surface area contributed by atoms with E-state index in [9.17, 15) is 0 Å². The molecule has 1 aliphatic rings. The molecule has 1 aliphatic heterocycles. The summed E-state index contributed by atoms with van der Waals surface area (Å²) >= 11 is 0. The van der Waals surface area contributed by atoms with Crippen LogP contribution in [0, 0.1) is 0 Å². The highest BCUT2D eigenvalue weighted by Crippen LogP contribution is 2.23. The Hall–Kier alpha value is -1.56. The lowest BCUT2D eigenvalue weighted by molar-refractivity contribution is 0.161. The summed E-state index contributed by atoms with van der Waals surface area (Å²) in [7, 11) is 1.98. The third-order valence-corrected chi connectivity index (χ3v) is 4.62. The molecule has 21 heavy (non-hydrogen) atoms. The van der Waals surface area contributed by atoms with Crippen molar-refractivity contribution in [2.45, 2.75) is 52.1 Å². The molecule has 0 spiro atoms. The van der Waals surface area contributed by atoms with E-state index >= 15 is 0 Å². The van der Waals surface area contributed by atoms with Crippen molar-refractivity contribution in [1.29, 1.82) is 0 Å². The Morgan fingerprint density at radius 3 is 2.62 bits per heavy atom. The van der Waals surface area contributed by atoms with Crippen LogP contribution in [0.3, 0.4) is 0 Å². The summed E-state index contributed by atoms with van der Waals surface area (Å²) in [6.07, 6.45) is 4.87. The van der Waals surface area contributed by atoms with Gasteiger partial charge in [-0.25, -0.2) is 4.98 Å². The van der Waals surface area contributed by atoms with Crippen molar-refractivity contribution in [3.8, 4) is 0 Å². The third-order valence-electron chi connectivity index (χ3n) is 4.62. The van der Waals surface area contributed by atoms with Gasteiger partial charge in [-0.15, -0.1) is 0 Å². The Bertz CT molecular complexity index is 620. The van der Waals surface area contributed by atoms with E-state index in [-0.39, 0.29) is 0 Å². The number of nitrogen functional groups attached to an aromatic ring is 1. The van der Waals surface area contributed by atoms with Crippen molar-refractivity contribution < 1.29 is 0 Å². The van der Waals surface area contributed by atoms with Crippen LogP contribution in [-0.2, 0) is 20.0 Å². The van der Waals surface area contributed by atoms with E-state index in [1.54, 1.807) is 0 Å². The molecule has 6 nitrogen and oxygen atoms in total. The zero-order valence-corrected chi connectivity index (χ0v) is 13.3. The van der Waals surface area contributed by atoms with Gasteiger partial charge in [-0.2, -0.15) is 5.10 Å². The first-order chi connectivity index (χ1) is 10.1. The predicted molar refractivity (Wildman–Crippen MR) is 85.2 cm³/mol. The summed E-state index contributed by atoms with van der Waals surface area (Å²) in [6.45, 7) is 7.67. The monoisotopic (exact) mass is 290 g/mol. The molecule has 0 bridgehead atoms. The Balaban J connectivity index is 1.89. The van der Waals surface area contributed by atoms with Gasteiger partial charge >= 0.3 is 0 Å². The summed E-state index contributed by atoms with van der Waals surface area (Å²) in [5, 5.41) is 4.55. The van der Waals surface area contributed by atoms with Gasteiger partial charge in [-0.1, -0.05) is 13.3 Å². The van der Waals surface area contributed by atoms with E-state index in [0.717, 1.165) is 29.8 Å². The largest absolute Gasteiger partial charge is 0.369 e. The lowest BCUT2D eigenvalue weighted by Gasteiger charge is -2.32. The van der Waals surface area contributed by atoms with Crippen LogP contribution in [0.1, 0.15) is 38.8 Å². The van der Waals surface area contributed by atoms with Crippen molar-refractivity contribution in [3.63, 3.8) is 0 Å². The molecule has 1 fully saturated rings. The Kier molecular flexibility index (Phi) is 3.89. The van der Waals surface area contributed by atoms with Gasteiger partial charge in [0.15, 0.2) is 5.65 Å². The molecule has 3 heterocycles. The second kappa shape index (κ2) is 5.67. The average molecular weight is 290 g/mol. The van der Waals surface area contributed by atoms with Crippen LogP contribution in [0.25, 0.3) is 11.2 Å². The number of nitrogens with two attached hydrogens (primary N) is 1. The van der Waals surface area contributed by atoms with Crippen LogP contribution >= 0.6 is 0 Å². The maximum absolute atomic E-state index is 6.16. The van der Waals surface area contributed by atoms with Crippen LogP contribution in [0.5, 0.6) is 0 Å². The van der Waals surface area contributed by atoms with Crippen LogP contribution in [0.15, 0.2) is 0 Å². The lowest BCUT2D eigenvalue weighted by atomic mass is 10.1. The summed E-state index contributed by atoms with van der Waals surface area (Å²) < 4.78 is 4.04. The normalized spacial score (nSPS) is 18.4. The molecule has 3 rings (SSSR count). The van der Waals surface area contributed by atoms with Gasteiger partial charge in [0.25, 0.3) is 0 Å². The van der Waals surface area contributed by atoms with Gasteiger partial charge in [0.05, 0.1) is 5.69 Å². The number of rotatable bonds is 4. The molecule has 0 aromatic carbocycles. The van der Waals surface area contributed by atoms with Gasteiger partial charge in [0.2, 0.25) is 5.95 Å². The summed E-state index contributed by atoms with van der Waals surface area (Å²) in [6, 6.07) is 0.477. The minimum atomic E-state index is 0.477. The number of hydrogen-bond acceptors (Lipinski definition) is 4. The van der Waals surface area contributed by atoms with Gasteiger partial charge in [-0.05, 0) is 39.3 Å². The summed E-state index contributed by atoms with van der Waals surface area (Å²) in [5.41, 5.74) is 9.20. The first-order valence-corrected chi connectivity index (χ1v) is 8.03. The van der Waals surface area contributed by atoms with Crippen molar-refractivity contribution in [2.24, 2.45) is 7.05 Å². The minimum Gasteiger partial charge on any atom is -0.369 e. The Labute approximate surface area is 125 Å². The van der Waals surface area contributed by atoms with E-state index in [1.807, 2.05) is 11.7 Å². The molecular formula is C15H26N6. The van der Waals surface area contributed by atoms with E-state index < -0.39 is 0 Å². The fourth-order valence-electron chi connectivity index (χ4n) is 3.42. The number of hydrogen-bond donors (Lipinski definition) is 1. The molecule has 0 radical (unpaired) electrons. The number of aryl methyl sites for hydroxylation is 2. The molecule has 0 saturated carbocycles. The van der Waals surface area contributed by atoms with Gasteiger partial charge in [0.1, 0.15) is 5.52 Å². The number of nitrogens with zero attached hydrogens (tertiary/aromatic N) is 5. The quantitative estimate of drug-likeness (QED) is 0.932. The lowest BCUT2D eigenvalue weighted by Crippen LogP contribution is -2.40. The maximum atomic E-state index is 6.16. The van der Waals surface area contributed by atoms with Gasteiger partial charge in [-0.3, -0.25) is 14.1 Å². The number of imidazole rings is 1. The summed E-state index contributed by atoms with van der Waals surface area (Å²) in [5.74, 6) is 0.608. The molecule has 6 heteroatoms. The number of fused-ring (bicyclic) bond motifs is 1. The van der Waals surface area contributed by atoms with Gasteiger partial charge in [0, 0.05) is 19.6 Å². The van der Waals surface area contributed by atoms with Crippen LogP contribution < -0.4 is 5.73 Å². The Morgan fingerprint density at radius 1 is 1.24 bits per heavy atom. The fraction of sp³-hybridized carbons (Fsp3) is 0.733. The average Bonchev–Trinajstić information content (AvgIpc) is 2.98. The molecule has 2 aromatic heterocycles. The Morgan fingerprint density at radius 2 is 1.95 bits per heavy atom. The molecular weight excluding hydrogens is 264 g/mol. The van der Waals surface area contributed by atoms with Crippen molar-refractivity contribution >= 4 is 17.1 Å². The van der Waals surface area contributed by atoms with Gasteiger partial charge < -0.3 is 5.73 Å². The minimum absolute atomic E-state index is 0.477. The molecule has 116 valence electrons. The zero-order chi connectivity index (χ0) is 15.0. The number of aromatic nitrogens is 4. The molecule has 0 aliphatic carbocycles. The second-order valence-corrected chi connectivity index (χ2v) is 6.12. The van der Waals surface area contributed by atoms with Crippen molar-refractivity contribution in [3.05, 3.63) is 5.69 Å². The smallest absolute Gasteiger partial charge is 0.202 e. The molecule has 0 amide bonds. The summed E-state index contributed by atoms with van der Waals surface area (Å²) in [4.78, 5) is 7.10. The zero-order valence-electron chi connectivity index (χ0n) is 13.3. The van der Waals surface area contributed by atoms with E-state index in [1.165, 1.54) is 32.4 Å². The van der Waals surface area contributed by atoms with E-state index in [2.05, 4.69) is 33.4 Å². The predicted octanol–water partition coefficient (Wildman–Crippen LogP) is 1.79. The van der Waals surface area contributed by atoms with Crippen LogP contribution in [0.2, 0.25) is 0 Å². The first kappa shape index (κ1) is 14.4. The highest BCUT2D eigenvalue weighted by Gasteiger charge is 2.22. The number of likely N-dealkylation sites (tertiary alicyclic amines) is 1. The van der Waals surface area contributed by atoms with Crippen molar-refractivity contribution in [1.82, 2.24) is 24.2 Å². The SMILES string of the molecule is CCc1nn(C)c2c1nc(N)n2CC(C)N1CCCCC1. The maximum Gasteiger partial charge on any atom is 0.202 e. The standard InChI is InChI=1S/C15H26N6/c1-4-12-13-14(19(3)18-12)21(15(16)17-13)10-11(2)20-8-6-5-7-9-20/h11H,4-10H2,1-3H3,(H2,16,17). The highest BCUT2D eigenvalue weighted by molar-refractivity contribution is 5.77. The number of anilines is 1.